The van der Waals surface area contributed by atoms with Crippen LogP contribution in [-0.2, 0) is 4.79 Å². The van der Waals surface area contributed by atoms with Crippen molar-refractivity contribution in [1.82, 2.24) is 15.1 Å². The highest BCUT2D eigenvalue weighted by Crippen LogP contribution is 2.16. The summed E-state index contributed by atoms with van der Waals surface area (Å²) in [5, 5.41) is 3.35. The molecule has 3 N–H and O–H groups in total. The second-order valence-electron chi connectivity index (χ2n) is 7.54. The highest BCUT2D eigenvalue weighted by Gasteiger charge is 2.22. The fraction of sp³-hybridized carbons (Fsp3) is 0.636. The number of aliphatic imine (C=N–C) groups is 1. The molecule has 0 unspecified atom stereocenters. The van der Waals surface area contributed by atoms with Crippen LogP contribution in [0.25, 0.3) is 0 Å². The Morgan fingerprint density at radius 2 is 2.00 bits per heavy atom. The number of unbranched alkanes of at least 4 members (excludes halogenated alkanes) is 1. The summed E-state index contributed by atoms with van der Waals surface area (Å²) in [5.74, 6) is 1.74. The number of ether oxygens (including phenoxy) is 1. The van der Waals surface area contributed by atoms with Gasteiger partial charge >= 0.3 is 0 Å². The molecule has 1 heterocycles. The van der Waals surface area contributed by atoms with E-state index in [0.717, 1.165) is 76.7 Å². The predicted molar refractivity (Wildman–Crippen MR) is 118 cm³/mol. The average molecular weight is 404 g/mol. The number of nitrogens with zero attached hydrogens (tertiary/aromatic N) is 3. The number of hydrogen-bond donors (Lipinski definition) is 2. The number of guanidine groups is 1. The second kappa shape index (κ2) is 13.0. The summed E-state index contributed by atoms with van der Waals surface area (Å²) in [7, 11) is 2.04. The first-order valence-corrected chi connectivity index (χ1v) is 10.8. The van der Waals surface area contributed by atoms with Crippen LogP contribution in [0.1, 0.15) is 32.6 Å². The number of carbonyl (C=O) groups excluding carboxylic acids is 1. The number of nitrogens with one attached hydrogen (secondary N) is 1. The van der Waals surface area contributed by atoms with Crippen LogP contribution in [0.2, 0.25) is 0 Å². The summed E-state index contributed by atoms with van der Waals surface area (Å²) in [6.07, 6.45) is 3.96. The quantitative estimate of drug-likeness (QED) is 0.335. The summed E-state index contributed by atoms with van der Waals surface area (Å²) >= 11 is 0. The van der Waals surface area contributed by atoms with E-state index in [4.69, 9.17) is 15.5 Å². The first-order chi connectivity index (χ1) is 14.1. The number of rotatable bonds is 11. The van der Waals surface area contributed by atoms with Crippen molar-refractivity contribution in [2.75, 3.05) is 52.9 Å². The van der Waals surface area contributed by atoms with Gasteiger partial charge in [-0.3, -0.25) is 9.79 Å². The molecule has 0 bridgehead atoms. The third-order valence-corrected chi connectivity index (χ3v) is 5.27. The molecular formula is C22H37N5O2. The monoisotopic (exact) mass is 403 g/mol. The number of amides is 1. The number of primary amides is 1. The molecule has 7 nitrogen and oxygen atoms in total. The largest absolute Gasteiger partial charge is 0.492 e. The van der Waals surface area contributed by atoms with Gasteiger partial charge in [-0.1, -0.05) is 18.2 Å². The normalized spacial score (nSPS) is 15.9. The highest BCUT2D eigenvalue weighted by molar-refractivity contribution is 5.79. The van der Waals surface area contributed by atoms with Gasteiger partial charge in [0.15, 0.2) is 5.96 Å². The molecule has 1 aliphatic heterocycles. The average Bonchev–Trinajstić information content (AvgIpc) is 2.73. The maximum absolute atomic E-state index is 11.2. The lowest BCUT2D eigenvalue weighted by atomic mass is 9.96. The van der Waals surface area contributed by atoms with Crippen molar-refractivity contribution < 1.29 is 9.53 Å². The maximum atomic E-state index is 11.2. The molecule has 1 aromatic carbocycles. The molecule has 0 atom stereocenters. The molecule has 1 aliphatic rings. The summed E-state index contributed by atoms with van der Waals surface area (Å²) in [5.41, 5.74) is 5.40. The van der Waals surface area contributed by atoms with E-state index in [9.17, 15) is 4.79 Å². The van der Waals surface area contributed by atoms with E-state index in [2.05, 4.69) is 22.0 Å². The topological polar surface area (TPSA) is 83.2 Å². The predicted octanol–water partition coefficient (Wildman–Crippen LogP) is 1.94. The minimum Gasteiger partial charge on any atom is -0.492 e. The molecule has 0 aromatic heterocycles. The zero-order chi connectivity index (χ0) is 20.9. The molecular weight excluding hydrogens is 366 g/mol. The Balaban J connectivity index is 1.64. The molecule has 2 rings (SSSR count). The molecule has 0 spiro atoms. The molecule has 1 fully saturated rings. The number of para-hydroxylation sites is 1. The summed E-state index contributed by atoms with van der Waals surface area (Å²) in [6, 6.07) is 9.87. The lowest BCUT2D eigenvalue weighted by molar-refractivity contribution is -0.123. The molecule has 1 amide bonds. The van der Waals surface area contributed by atoms with Gasteiger partial charge in [0.1, 0.15) is 12.4 Å². The van der Waals surface area contributed by atoms with Crippen molar-refractivity contribution in [2.45, 2.75) is 32.6 Å². The molecule has 0 radical (unpaired) electrons. The fourth-order valence-corrected chi connectivity index (χ4v) is 3.47. The Hall–Kier alpha value is -2.28. The third-order valence-electron chi connectivity index (χ3n) is 5.27. The minimum atomic E-state index is -0.145. The smallest absolute Gasteiger partial charge is 0.220 e. The van der Waals surface area contributed by atoms with Gasteiger partial charge in [0.05, 0.1) is 6.54 Å². The summed E-state index contributed by atoms with van der Waals surface area (Å²) < 4.78 is 5.78. The Labute approximate surface area is 175 Å². The van der Waals surface area contributed by atoms with Gasteiger partial charge < -0.3 is 25.6 Å². The van der Waals surface area contributed by atoms with Crippen LogP contribution in [0.4, 0.5) is 0 Å². The molecule has 0 saturated carbocycles. The first kappa shape index (κ1) is 23.0. The zero-order valence-electron chi connectivity index (χ0n) is 18.0. The number of hydrogen-bond acceptors (Lipinski definition) is 4. The van der Waals surface area contributed by atoms with Crippen LogP contribution >= 0.6 is 0 Å². The van der Waals surface area contributed by atoms with Crippen molar-refractivity contribution >= 4 is 11.9 Å². The van der Waals surface area contributed by atoms with Crippen LogP contribution in [0.5, 0.6) is 5.75 Å². The lowest BCUT2D eigenvalue weighted by Crippen LogP contribution is -2.41. The van der Waals surface area contributed by atoms with Gasteiger partial charge in [-0.05, 0) is 64.4 Å². The van der Waals surface area contributed by atoms with E-state index in [1.54, 1.807) is 0 Å². The molecule has 7 heteroatoms. The van der Waals surface area contributed by atoms with Crippen molar-refractivity contribution in [3.8, 4) is 5.75 Å². The van der Waals surface area contributed by atoms with E-state index >= 15 is 0 Å². The summed E-state index contributed by atoms with van der Waals surface area (Å²) in [6.45, 7) is 8.15. The van der Waals surface area contributed by atoms with Crippen molar-refractivity contribution in [2.24, 2.45) is 16.6 Å². The number of piperidine rings is 1. The Bertz CT molecular complexity index is 615. The van der Waals surface area contributed by atoms with Crippen LogP contribution in [-0.4, -0.2) is 74.6 Å². The number of carbonyl (C=O) groups is 1. The van der Waals surface area contributed by atoms with E-state index in [-0.39, 0.29) is 11.8 Å². The summed E-state index contributed by atoms with van der Waals surface area (Å²) in [4.78, 5) is 20.5. The third kappa shape index (κ3) is 8.73. The van der Waals surface area contributed by atoms with Gasteiger partial charge in [-0.15, -0.1) is 0 Å². The fourth-order valence-electron chi connectivity index (χ4n) is 3.47. The standard InChI is InChI=1S/C22H37N5O2/c1-3-24-22(26(2)17-18-29-20-9-5-4-6-10-20)25-13-7-8-14-27-15-11-19(12-16-27)21(23)28/h4-6,9-10,19H,3,7-8,11-18H2,1-2H3,(H2,23,28)(H,24,25). The number of likely N-dealkylation sites (tertiary alicyclic amines) is 1. The molecule has 0 aliphatic carbocycles. The molecule has 1 saturated heterocycles. The van der Waals surface area contributed by atoms with E-state index in [0.29, 0.717) is 6.61 Å². The van der Waals surface area contributed by atoms with Gasteiger partial charge in [0, 0.05) is 26.1 Å². The van der Waals surface area contributed by atoms with Crippen LogP contribution in [0, 0.1) is 5.92 Å². The Kier molecular flexibility index (Phi) is 10.3. The SMILES string of the molecule is CCNC(=NCCCCN1CCC(C(N)=O)CC1)N(C)CCOc1ccccc1. The number of benzene rings is 1. The number of nitrogens with two attached hydrogens (primary N) is 1. The highest BCUT2D eigenvalue weighted by atomic mass is 16.5. The van der Waals surface area contributed by atoms with Gasteiger partial charge in [-0.25, -0.2) is 0 Å². The van der Waals surface area contributed by atoms with E-state index < -0.39 is 0 Å². The maximum Gasteiger partial charge on any atom is 0.220 e. The Morgan fingerprint density at radius 3 is 2.66 bits per heavy atom. The van der Waals surface area contributed by atoms with Crippen LogP contribution in [0.3, 0.4) is 0 Å². The van der Waals surface area contributed by atoms with Crippen molar-refractivity contribution in [3.05, 3.63) is 30.3 Å². The lowest BCUT2D eigenvalue weighted by Gasteiger charge is -2.30. The Morgan fingerprint density at radius 1 is 1.28 bits per heavy atom. The van der Waals surface area contributed by atoms with Gasteiger partial charge in [0.25, 0.3) is 0 Å². The van der Waals surface area contributed by atoms with Gasteiger partial charge in [-0.2, -0.15) is 0 Å². The zero-order valence-corrected chi connectivity index (χ0v) is 18.0. The van der Waals surface area contributed by atoms with E-state index in [1.807, 2.05) is 37.4 Å². The van der Waals surface area contributed by atoms with Gasteiger partial charge in [0.2, 0.25) is 5.91 Å². The minimum absolute atomic E-state index is 0.0694. The van der Waals surface area contributed by atoms with Crippen LogP contribution < -0.4 is 15.8 Å². The number of likely N-dealkylation sites (N-methyl/N-ethyl adjacent to an activating group) is 1. The molecule has 1 aromatic rings. The van der Waals surface area contributed by atoms with E-state index in [1.165, 1.54) is 0 Å². The first-order valence-electron chi connectivity index (χ1n) is 10.8. The second-order valence-corrected chi connectivity index (χ2v) is 7.54. The molecule has 29 heavy (non-hydrogen) atoms. The molecule has 162 valence electrons. The van der Waals surface area contributed by atoms with Crippen LogP contribution in [0.15, 0.2) is 35.3 Å². The van der Waals surface area contributed by atoms with Crippen molar-refractivity contribution in [1.29, 1.82) is 0 Å². The van der Waals surface area contributed by atoms with Crippen molar-refractivity contribution in [3.63, 3.8) is 0 Å².